The molecule has 146 valence electrons. The van der Waals surface area contributed by atoms with Crippen LogP contribution < -0.4 is 20.1 Å². The van der Waals surface area contributed by atoms with Gasteiger partial charge in [0.15, 0.2) is 18.0 Å². The van der Waals surface area contributed by atoms with Crippen LogP contribution in [0, 0.1) is 11.7 Å². The monoisotopic (exact) mass is 375 g/mol. The van der Waals surface area contributed by atoms with E-state index in [1.165, 1.54) is 12.1 Å². The number of ether oxygens (including phenoxy) is 2. The molecule has 1 atom stereocenters. The quantitative estimate of drug-likeness (QED) is 0.708. The molecule has 2 aromatic carbocycles. The van der Waals surface area contributed by atoms with Gasteiger partial charge in [0.25, 0.3) is 5.91 Å². The van der Waals surface area contributed by atoms with Crippen molar-refractivity contribution in [3.8, 4) is 11.5 Å². The van der Waals surface area contributed by atoms with Gasteiger partial charge in [-0.05, 0) is 29.8 Å². The molecular weight excluding hydrogens is 347 g/mol. The third kappa shape index (κ3) is 5.96. The molecule has 2 rings (SSSR count). The zero-order chi connectivity index (χ0) is 19.8. The van der Waals surface area contributed by atoms with Crippen LogP contribution in [0.25, 0.3) is 0 Å². The summed E-state index contributed by atoms with van der Waals surface area (Å²) in [6, 6.07) is 12.1. The van der Waals surface area contributed by atoms with Gasteiger partial charge in [-0.15, -0.1) is 0 Å². The smallest absolute Gasteiger partial charge is 0.275 e. The highest BCUT2D eigenvalue weighted by Crippen LogP contribution is 2.27. The predicted octanol–water partition coefficient (Wildman–Crippen LogP) is 2.42. The van der Waals surface area contributed by atoms with Gasteiger partial charge in [0.2, 0.25) is 0 Å². The van der Waals surface area contributed by atoms with Gasteiger partial charge in [-0.2, -0.15) is 0 Å². The van der Waals surface area contributed by atoms with Gasteiger partial charge < -0.3 is 20.1 Å². The molecular formula is C21H28FN2O3+. The second-order valence-corrected chi connectivity index (χ2v) is 6.73. The Hall–Kier alpha value is -2.60. The van der Waals surface area contributed by atoms with E-state index >= 15 is 0 Å². The molecule has 0 unspecified atom stereocenters. The number of halogens is 1. The Morgan fingerprint density at radius 3 is 2.33 bits per heavy atom. The van der Waals surface area contributed by atoms with Crippen LogP contribution in [0.5, 0.6) is 11.5 Å². The van der Waals surface area contributed by atoms with Crippen LogP contribution in [0.15, 0.2) is 42.5 Å². The molecule has 6 heteroatoms. The Labute approximate surface area is 159 Å². The van der Waals surface area contributed by atoms with E-state index in [0.717, 1.165) is 11.1 Å². The van der Waals surface area contributed by atoms with Crippen molar-refractivity contribution in [1.82, 2.24) is 5.32 Å². The van der Waals surface area contributed by atoms with Crippen LogP contribution in [0.4, 0.5) is 4.39 Å². The Balaban J connectivity index is 1.90. The number of rotatable bonds is 9. The number of methoxy groups -OCH3 is 2. The number of benzene rings is 2. The van der Waals surface area contributed by atoms with Crippen LogP contribution in [0.3, 0.4) is 0 Å². The summed E-state index contributed by atoms with van der Waals surface area (Å²) in [6.45, 7) is 4.89. The molecule has 0 aliphatic rings. The Kier molecular flexibility index (Phi) is 7.61. The number of carbonyl (C=O) groups excluding carboxylic acids is 1. The minimum atomic E-state index is -0.256. The van der Waals surface area contributed by atoms with E-state index in [1.807, 2.05) is 23.5 Å². The highest BCUT2D eigenvalue weighted by molar-refractivity contribution is 5.76. The van der Waals surface area contributed by atoms with Gasteiger partial charge >= 0.3 is 0 Å². The van der Waals surface area contributed by atoms with Gasteiger partial charge in [-0.1, -0.05) is 32.0 Å². The lowest BCUT2D eigenvalue weighted by atomic mass is 9.96. The van der Waals surface area contributed by atoms with Crippen molar-refractivity contribution in [3.05, 3.63) is 59.4 Å². The number of quaternary nitrogens is 1. The summed E-state index contributed by atoms with van der Waals surface area (Å²) in [5.41, 5.74) is 1.94. The van der Waals surface area contributed by atoms with Gasteiger partial charge in [-0.3, -0.25) is 4.79 Å². The van der Waals surface area contributed by atoms with Crippen molar-refractivity contribution >= 4 is 5.91 Å². The van der Waals surface area contributed by atoms with Crippen LogP contribution in [0.2, 0.25) is 0 Å². The molecule has 0 spiro atoms. The largest absolute Gasteiger partial charge is 0.493 e. The molecule has 3 N–H and O–H groups in total. The number of hydrogen-bond donors (Lipinski definition) is 2. The average molecular weight is 375 g/mol. The molecule has 0 heterocycles. The third-order valence-electron chi connectivity index (χ3n) is 4.47. The normalized spacial score (nSPS) is 11.9. The molecule has 0 saturated carbocycles. The van der Waals surface area contributed by atoms with Crippen LogP contribution in [0.1, 0.15) is 31.0 Å². The zero-order valence-corrected chi connectivity index (χ0v) is 16.3. The van der Waals surface area contributed by atoms with Crippen molar-refractivity contribution in [1.29, 1.82) is 0 Å². The fourth-order valence-corrected chi connectivity index (χ4v) is 2.98. The maximum absolute atomic E-state index is 13.1. The number of nitrogens with two attached hydrogens (primary N) is 1. The molecule has 2 aromatic rings. The minimum absolute atomic E-state index is 0.0578. The van der Waals surface area contributed by atoms with E-state index in [2.05, 4.69) is 19.2 Å². The Morgan fingerprint density at radius 2 is 1.74 bits per heavy atom. The zero-order valence-electron chi connectivity index (χ0n) is 16.3. The second kappa shape index (κ2) is 9.92. The van der Waals surface area contributed by atoms with Crippen molar-refractivity contribution in [2.45, 2.75) is 26.4 Å². The van der Waals surface area contributed by atoms with E-state index in [1.54, 1.807) is 26.4 Å². The highest BCUT2D eigenvalue weighted by atomic mass is 19.1. The summed E-state index contributed by atoms with van der Waals surface area (Å²) in [5, 5.41) is 4.90. The Bertz CT molecular complexity index is 748. The highest BCUT2D eigenvalue weighted by Gasteiger charge is 2.20. The fourth-order valence-electron chi connectivity index (χ4n) is 2.98. The molecule has 5 nitrogen and oxygen atoms in total. The van der Waals surface area contributed by atoms with Crippen molar-refractivity contribution < 1.29 is 24.0 Å². The first-order valence-corrected chi connectivity index (χ1v) is 9.01. The van der Waals surface area contributed by atoms with E-state index in [9.17, 15) is 9.18 Å². The molecule has 0 aromatic heterocycles. The SMILES string of the molecule is COc1ccc(CNC(=O)C[NH2+][C@H](c2ccc(F)cc2)C(C)C)cc1OC. The van der Waals surface area contributed by atoms with Gasteiger partial charge in [0.05, 0.1) is 14.2 Å². The van der Waals surface area contributed by atoms with E-state index < -0.39 is 0 Å². The second-order valence-electron chi connectivity index (χ2n) is 6.73. The molecule has 27 heavy (non-hydrogen) atoms. The first-order chi connectivity index (χ1) is 12.9. The maximum Gasteiger partial charge on any atom is 0.275 e. The van der Waals surface area contributed by atoms with Crippen molar-refractivity contribution in [2.24, 2.45) is 5.92 Å². The fraction of sp³-hybridized carbons (Fsp3) is 0.381. The van der Waals surface area contributed by atoms with E-state index in [0.29, 0.717) is 30.5 Å². The summed E-state index contributed by atoms with van der Waals surface area (Å²) in [6.07, 6.45) is 0. The number of carbonyl (C=O) groups is 1. The lowest BCUT2D eigenvalue weighted by Gasteiger charge is -2.19. The molecule has 0 bridgehead atoms. The van der Waals surface area contributed by atoms with Crippen LogP contribution in [-0.4, -0.2) is 26.7 Å². The molecule has 0 aliphatic heterocycles. The summed E-state index contributed by atoms with van der Waals surface area (Å²) in [5.74, 6) is 1.28. The number of nitrogens with one attached hydrogen (secondary N) is 1. The molecule has 0 aliphatic carbocycles. The van der Waals surface area contributed by atoms with Gasteiger partial charge in [0.1, 0.15) is 11.9 Å². The molecule has 1 amide bonds. The number of amides is 1. The lowest BCUT2D eigenvalue weighted by molar-refractivity contribution is -0.692. The predicted molar refractivity (Wildman–Crippen MR) is 102 cm³/mol. The first-order valence-electron chi connectivity index (χ1n) is 9.01. The summed E-state index contributed by atoms with van der Waals surface area (Å²) in [4.78, 5) is 12.2. The average Bonchev–Trinajstić information content (AvgIpc) is 2.67. The summed E-state index contributed by atoms with van der Waals surface area (Å²) in [7, 11) is 3.16. The van der Waals surface area contributed by atoms with Gasteiger partial charge in [-0.25, -0.2) is 4.39 Å². The molecule has 0 fully saturated rings. The number of hydrogen-bond acceptors (Lipinski definition) is 3. The molecule has 0 saturated heterocycles. The minimum Gasteiger partial charge on any atom is -0.493 e. The van der Waals surface area contributed by atoms with E-state index in [-0.39, 0.29) is 17.8 Å². The van der Waals surface area contributed by atoms with Crippen molar-refractivity contribution in [2.75, 3.05) is 20.8 Å². The standard InChI is InChI=1S/C21H27FN2O3/c1-14(2)21(16-6-8-17(22)9-7-16)24-13-20(25)23-12-15-5-10-18(26-3)19(11-15)27-4/h5-11,14,21,24H,12-13H2,1-4H3,(H,23,25)/p+1/t21-/m0/s1. The topological polar surface area (TPSA) is 64.2 Å². The van der Waals surface area contributed by atoms with Crippen LogP contribution in [-0.2, 0) is 11.3 Å². The maximum atomic E-state index is 13.1. The van der Waals surface area contributed by atoms with Gasteiger partial charge in [0, 0.05) is 18.0 Å². The van der Waals surface area contributed by atoms with E-state index in [4.69, 9.17) is 9.47 Å². The van der Waals surface area contributed by atoms with Crippen LogP contribution >= 0.6 is 0 Å². The first kappa shape index (κ1) is 20.7. The third-order valence-corrected chi connectivity index (χ3v) is 4.47. The lowest BCUT2D eigenvalue weighted by Crippen LogP contribution is -2.88. The Morgan fingerprint density at radius 1 is 1.07 bits per heavy atom. The van der Waals surface area contributed by atoms with Crippen molar-refractivity contribution in [3.63, 3.8) is 0 Å². The molecule has 0 radical (unpaired) electrons. The summed E-state index contributed by atoms with van der Waals surface area (Å²) < 4.78 is 23.6. The summed E-state index contributed by atoms with van der Waals surface area (Å²) >= 11 is 0.